The van der Waals surface area contributed by atoms with E-state index in [9.17, 15) is 9.18 Å². The number of hydrogen-bond acceptors (Lipinski definition) is 3. The van der Waals surface area contributed by atoms with Gasteiger partial charge in [-0.15, -0.1) is 11.3 Å². The van der Waals surface area contributed by atoms with Gasteiger partial charge in [0.25, 0.3) is 0 Å². The molecule has 0 saturated heterocycles. The normalized spacial score (nSPS) is 14.3. The second-order valence-corrected chi connectivity index (χ2v) is 7.23. The summed E-state index contributed by atoms with van der Waals surface area (Å²) in [4.78, 5) is 18.1. The molecular weight excluding hydrogens is 323 g/mol. The monoisotopic (exact) mass is 344 g/mol. The molecule has 0 spiro atoms. The molecule has 3 nitrogen and oxygen atoms in total. The maximum atomic E-state index is 12.9. The van der Waals surface area contributed by atoms with Gasteiger partial charge in [-0.3, -0.25) is 4.79 Å². The summed E-state index contributed by atoms with van der Waals surface area (Å²) in [5.41, 5.74) is 2.93. The van der Waals surface area contributed by atoms with Crippen molar-refractivity contribution in [2.24, 2.45) is 0 Å². The van der Waals surface area contributed by atoms with Crippen molar-refractivity contribution in [1.82, 2.24) is 10.3 Å². The second-order valence-electron chi connectivity index (χ2n) is 6.06. The lowest BCUT2D eigenvalue weighted by molar-refractivity contribution is -0.116. The third-order valence-electron chi connectivity index (χ3n) is 4.18. The Hall–Kier alpha value is -2.01. The molecule has 0 saturated carbocycles. The van der Waals surface area contributed by atoms with Crippen molar-refractivity contribution in [3.63, 3.8) is 0 Å². The molecule has 1 amide bonds. The van der Waals surface area contributed by atoms with Crippen molar-refractivity contribution in [2.45, 2.75) is 39.0 Å². The SMILES string of the molecule is C/C(=C/C(=O)NCCc1nc2c(s1)CCCC2)c1ccc(F)cc1. The van der Waals surface area contributed by atoms with E-state index in [0.717, 1.165) is 35.4 Å². The van der Waals surface area contributed by atoms with Gasteiger partial charge in [0.1, 0.15) is 5.82 Å². The van der Waals surface area contributed by atoms with E-state index in [2.05, 4.69) is 10.3 Å². The van der Waals surface area contributed by atoms with Crippen LogP contribution in [0, 0.1) is 5.82 Å². The Morgan fingerprint density at radius 3 is 2.79 bits per heavy atom. The van der Waals surface area contributed by atoms with E-state index in [4.69, 9.17) is 0 Å². The summed E-state index contributed by atoms with van der Waals surface area (Å²) in [6.07, 6.45) is 7.07. The minimum atomic E-state index is -0.276. The summed E-state index contributed by atoms with van der Waals surface area (Å²) in [6, 6.07) is 6.15. The van der Waals surface area contributed by atoms with Crippen molar-refractivity contribution < 1.29 is 9.18 Å². The summed E-state index contributed by atoms with van der Waals surface area (Å²) in [6.45, 7) is 2.43. The number of nitrogens with one attached hydrogen (secondary N) is 1. The Morgan fingerprint density at radius 1 is 1.29 bits per heavy atom. The van der Waals surface area contributed by atoms with E-state index in [1.165, 1.54) is 35.5 Å². The van der Waals surface area contributed by atoms with Crippen LogP contribution in [-0.4, -0.2) is 17.4 Å². The Kier molecular flexibility index (Phi) is 5.41. The van der Waals surface area contributed by atoms with E-state index >= 15 is 0 Å². The highest BCUT2D eigenvalue weighted by atomic mass is 32.1. The number of carbonyl (C=O) groups excluding carboxylic acids is 1. The van der Waals surface area contributed by atoms with Gasteiger partial charge in [-0.05, 0) is 55.9 Å². The minimum Gasteiger partial charge on any atom is -0.352 e. The van der Waals surface area contributed by atoms with E-state index in [0.29, 0.717) is 6.54 Å². The van der Waals surface area contributed by atoms with E-state index in [1.807, 2.05) is 6.92 Å². The molecule has 0 atom stereocenters. The van der Waals surface area contributed by atoms with Crippen LogP contribution >= 0.6 is 11.3 Å². The van der Waals surface area contributed by atoms with Gasteiger partial charge in [0.2, 0.25) is 5.91 Å². The molecule has 1 N–H and O–H groups in total. The van der Waals surface area contributed by atoms with E-state index in [-0.39, 0.29) is 11.7 Å². The first-order valence-electron chi connectivity index (χ1n) is 8.31. The van der Waals surface area contributed by atoms with Crippen LogP contribution in [-0.2, 0) is 24.1 Å². The number of rotatable bonds is 5. The third kappa shape index (κ3) is 4.29. The quantitative estimate of drug-likeness (QED) is 0.835. The number of aryl methyl sites for hydroxylation is 2. The number of carbonyl (C=O) groups is 1. The van der Waals surface area contributed by atoms with Crippen LogP contribution in [0.2, 0.25) is 0 Å². The molecule has 0 fully saturated rings. The maximum absolute atomic E-state index is 12.9. The zero-order valence-corrected chi connectivity index (χ0v) is 14.6. The average Bonchev–Trinajstić information content (AvgIpc) is 2.98. The number of halogens is 1. The fourth-order valence-electron chi connectivity index (χ4n) is 2.85. The molecule has 126 valence electrons. The summed E-state index contributed by atoms with van der Waals surface area (Å²) < 4.78 is 12.9. The molecule has 0 unspecified atom stereocenters. The van der Waals surface area contributed by atoms with Crippen molar-refractivity contribution >= 4 is 22.8 Å². The standard InChI is InChI=1S/C19H21FN2OS/c1-13(14-6-8-15(20)9-7-14)12-18(23)21-11-10-19-22-16-4-2-3-5-17(16)24-19/h6-9,12H,2-5,10-11H2,1H3,(H,21,23)/b13-12-. The molecule has 1 aromatic heterocycles. The van der Waals surface area contributed by atoms with Crippen molar-refractivity contribution in [2.75, 3.05) is 6.54 Å². The maximum Gasteiger partial charge on any atom is 0.244 e. The van der Waals surface area contributed by atoms with Crippen LogP contribution in [0.1, 0.15) is 40.9 Å². The number of allylic oxidation sites excluding steroid dienone is 1. The average molecular weight is 344 g/mol. The molecule has 0 bridgehead atoms. The first-order chi connectivity index (χ1) is 11.6. The summed E-state index contributed by atoms with van der Waals surface area (Å²) in [5.74, 6) is -0.403. The van der Waals surface area contributed by atoms with Crippen LogP contribution in [0.4, 0.5) is 4.39 Å². The predicted octanol–water partition coefficient (Wildman–Crippen LogP) is 3.92. The van der Waals surface area contributed by atoms with Gasteiger partial charge in [0, 0.05) is 23.9 Å². The van der Waals surface area contributed by atoms with Crippen molar-refractivity contribution in [3.05, 3.63) is 57.3 Å². The largest absolute Gasteiger partial charge is 0.352 e. The molecular formula is C19H21FN2OS. The molecule has 0 aliphatic heterocycles. The highest BCUT2D eigenvalue weighted by molar-refractivity contribution is 7.11. The van der Waals surface area contributed by atoms with Gasteiger partial charge in [-0.25, -0.2) is 9.37 Å². The van der Waals surface area contributed by atoms with Crippen LogP contribution in [0.3, 0.4) is 0 Å². The van der Waals surface area contributed by atoms with Crippen LogP contribution < -0.4 is 5.32 Å². The van der Waals surface area contributed by atoms with Crippen LogP contribution in [0.15, 0.2) is 30.3 Å². The summed E-state index contributed by atoms with van der Waals surface area (Å²) >= 11 is 1.79. The van der Waals surface area contributed by atoms with Crippen LogP contribution in [0.25, 0.3) is 5.57 Å². The highest BCUT2D eigenvalue weighted by Gasteiger charge is 2.14. The number of fused-ring (bicyclic) bond motifs is 1. The smallest absolute Gasteiger partial charge is 0.244 e. The predicted molar refractivity (Wildman–Crippen MR) is 95.5 cm³/mol. The topological polar surface area (TPSA) is 42.0 Å². The molecule has 2 aromatic rings. The molecule has 1 heterocycles. The van der Waals surface area contributed by atoms with Gasteiger partial charge < -0.3 is 5.32 Å². The number of aromatic nitrogens is 1. The van der Waals surface area contributed by atoms with Gasteiger partial charge in [-0.1, -0.05) is 12.1 Å². The number of thiazole rings is 1. The number of nitrogens with zero attached hydrogens (tertiary/aromatic N) is 1. The highest BCUT2D eigenvalue weighted by Crippen LogP contribution is 2.26. The molecule has 3 rings (SSSR count). The minimum absolute atomic E-state index is 0.127. The lowest BCUT2D eigenvalue weighted by atomic mass is 10.0. The third-order valence-corrected chi connectivity index (χ3v) is 5.39. The Balaban J connectivity index is 1.51. The van der Waals surface area contributed by atoms with Crippen molar-refractivity contribution in [3.8, 4) is 0 Å². The van der Waals surface area contributed by atoms with E-state index in [1.54, 1.807) is 29.5 Å². The van der Waals surface area contributed by atoms with Gasteiger partial charge in [0.05, 0.1) is 10.7 Å². The van der Waals surface area contributed by atoms with E-state index < -0.39 is 0 Å². The van der Waals surface area contributed by atoms with Gasteiger partial charge >= 0.3 is 0 Å². The lowest BCUT2D eigenvalue weighted by Gasteiger charge is -2.06. The summed E-state index contributed by atoms with van der Waals surface area (Å²) in [5, 5.41) is 4.01. The van der Waals surface area contributed by atoms with Crippen LogP contribution in [0.5, 0.6) is 0 Å². The molecule has 1 aliphatic rings. The zero-order chi connectivity index (χ0) is 16.9. The van der Waals surface area contributed by atoms with Gasteiger partial charge in [0.15, 0.2) is 0 Å². The Morgan fingerprint density at radius 2 is 2.04 bits per heavy atom. The molecule has 5 heteroatoms. The summed E-state index contributed by atoms with van der Waals surface area (Å²) in [7, 11) is 0. The molecule has 1 aliphatic carbocycles. The number of hydrogen-bond donors (Lipinski definition) is 1. The number of amides is 1. The number of benzene rings is 1. The first-order valence-corrected chi connectivity index (χ1v) is 9.13. The lowest BCUT2D eigenvalue weighted by Crippen LogP contribution is -2.23. The zero-order valence-electron chi connectivity index (χ0n) is 13.8. The second kappa shape index (κ2) is 7.71. The Bertz CT molecular complexity index is 726. The molecule has 24 heavy (non-hydrogen) atoms. The first kappa shape index (κ1) is 16.8. The fraction of sp³-hybridized carbons (Fsp3) is 0.368. The molecule has 0 radical (unpaired) electrons. The van der Waals surface area contributed by atoms with Crippen molar-refractivity contribution in [1.29, 1.82) is 0 Å². The molecule has 1 aromatic carbocycles. The van der Waals surface area contributed by atoms with Gasteiger partial charge in [-0.2, -0.15) is 0 Å². The fourth-order valence-corrected chi connectivity index (χ4v) is 4.01. The Labute approximate surface area is 145 Å².